The number of hydrogen-bond donors (Lipinski definition) is 1. The normalized spacial score (nSPS) is 11.7. The van der Waals surface area contributed by atoms with E-state index < -0.39 is 8.80 Å². The Morgan fingerprint density at radius 3 is 2.00 bits per heavy atom. The van der Waals surface area contributed by atoms with Crippen LogP contribution in [-0.4, -0.2) is 30.1 Å². The Bertz CT molecular complexity index is 330. The Morgan fingerprint density at radius 1 is 0.944 bits per heavy atom. The summed E-state index contributed by atoms with van der Waals surface area (Å²) in [6, 6.07) is 8.87. The quantitative estimate of drug-likeness (QED) is 0.447. The topological polar surface area (TPSA) is 53.7 Å². The van der Waals surface area contributed by atoms with Gasteiger partial charge in [0.15, 0.2) is 0 Å². The maximum Gasteiger partial charge on any atom is 0.500 e. The maximum atomic E-state index is 5.65. The first-order chi connectivity index (χ1) is 8.65. The molecule has 0 aliphatic carbocycles. The van der Waals surface area contributed by atoms with Gasteiger partial charge in [-0.2, -0.15) is 0 Å². The summed E-state index contributed by atoms with van der Waals surface area (Å²) in [4.78, 5) is 0. The molecule has 18 heavy (non-hydrogen) atoms. The van der Waals surface area contributed by atoms with Crippen molar-refractivity contribution in [1.29, 1.82) is 0 Å². The van der Waals surface area contributed by atoms with Gasteiger partial charge in [0, 0.05) is 33.1 Å². The van der Waals surface area contributed by atoms with E-state index in [2.05, 4.69) is 12.1 Å². The number of benzene rings is 1. The van der Waals surface area contributed by atoms with Crippen LogP contribution in [0.25, 0.3) is 0 Å². The SMILES string of the molecule is CO[Si](CCCCc1ccc(N)cc1)(OC)OC. The Balaban J connectivity index is 2.31. The van der Waals surface area contributed by atoms with E-state index in [0.29, 0.717) is 0 Å². The lowest BCUT2D eigenvalue weighted by Gasteiger charge is -2.24. The summed E-state index contributed by atoms with van der Waals surface area (Å²) in [6.45, 7) is 0. The van der Waals surface area contributed by atoms with E-state index in [1.807, 2.05) is 12.1 Å². The Labute approximate surface area is 110 Å². The summed E-state index contributed by atoms with van der Waals surface area (Å²) in [5.74, 6) is 0. The third-order valence-corrected chi connectivity index (χ3v) is 5.94. The molecule has 0 radical (unpaired) electrons. The molecule has 0 bridgehead atoms. The van der Waals surface area contributed by atoms with Crippen molar-refractivity contribution in [2.24, 2.45) is 0 Å². The van der Waals surface area contributed by atoms with Crippen molar-refractivity contribution in [3.05, 3.63) is 29.8 Å². The van der Waals surface area contributed by atoms with Crippen molar-refractivity contribution < 1.29 is 13.3 Å². The van der Waals surface area contributed by atoms with Crippen molar-refractivity contribution >= 4 is 14.5 Å². The van der Waals surface area contributed by atoms with Gasteiger partial charge in [0.1, 0.15) is 0 Å². The third-order valence-electron chi connectivity index (χ3n) is 3.11. The molecule has 0 spiro atoms. The molecule has 5 heteroatoms. The van der Waals surface area contributed by atoms with Gasteiger partial charge in [-0.05, 0) is 37.0 Å². The minimum absolute atomic E-state index is 0.809. The predicted molar refractivity (Wildman–Crippen MR) is 75.4 cm³/mol. The van der Waals surface area contributed by atoms with Crippen LogP contribution < -0.4 is 5.73 Å². The van der Waals surface area contributed by atoms with Crippen LogP contribution in [0.3, 0.4) is 0 Å². The zero-order valence-electron chi connectivity index (χ0n) is 11.4. The maximum absolute atomic E-state index is 5.65. The molecule has 0 saturated carbocycles. The van der Waals surface area contributed by atoms with Crippen molar-refractivity contribution in [3.63, 3.8) is 0 Å². The fourth-order valence-electron chi connectivity index (χ4n) is 1.91. The van der Waals surface area contributed by atoms with Crippen LogP contribution >= 0.6 is 0 Å². The van der Waals surface area contributed by atoms with Gasteiger partial charge in [-0.3, -0.25) is 0 Å². The van der Waals surface area contributed by atoms with E-state index >= 15 is 0 Å². The van der Waals surface area contributed by atoms with Crippen molar-refractivity contribution in [1.82, 2.24) is 0 Å². The molecule has 2 N–H and O–H groups in total. The Kier molecular flexibility index (Phi) is 6.35. The molecule has 0 amide bonds. The van der Waals surface area contributed by atoms with E-state index in [9.17, 15) is 0 Å². The lowest BCUT2D eigenvalue weighted by atomic mass is 10.1. The first-order valence-corrected chi connectivity index (χ1v) is 8.09. The minimum Gasteiger partial charge on any atom is -0.399 e. The van der Waals surface area contributed by atoms with Crippen LogP contribution in [0.5, 0.6) is 0 Å². The molecular weight excluding hydrogens is 246 g/mol. The molecule has 1 rings (SSSR count). The monoisotopic (exact) mass is 269 g/mol. The molecule has 1 aromatic rings. The van der Waals surface area contributed by atoms with Gasteiger partial charge in [0.25, 0.3) is 0 Å². The largest absolute Gasteiger partial charge is 0.500 e. The van der Waals surface area contributed by atoms with Crippen molar-refractivity contribution in [2.45, 2.75) is 25.3 Å². The molecule has 0 fully saturated rings. The summed E-state index contributed by atoms with van der Waals surface area (Å²) >= 11 is 0. The van der Waals surface area contributed by atoms with Gasteiger partial charge in [-0.1, -0.05) is 12.1 Å². The number of nitrogens with two attached hydrogens (primary N) is 1. The predicted octanol–water partition coefficient (Wildman–Crippen LogP) is 2.47. The number of aryl methyl sites for hydroxylation is 1. The molecule has 0 saturated heterocycles. The van der Waals surface area contributed by atoms with Gasteiger partial charge in [-0.15, -0.1) is 0 Å². The standard InChI is InChI=1S/C13H23NO3Si/c1-15-18(16-2,17-3)11-5-4-6-12-7-9-13(14)10-8-12/h7-10H,4-6,11,14H2,1-3H3. The Morgan fingerprint density at radius 2 is 1.50 bits per heavy atom. The lowest BCUT2D eigenvalue weighted by molar-refractivity contribution is 0.123. The highest BCUT2D eigenvalue weighted by molar-refractivity contribution is 6.60. The zero-order chi connectivity index (χ0) is 13.4. The number of nitrogen functional groups attached to an aromatic ring is 1. The minimum atomic E-state index is -2.38. The van der Waals surface area contributed by atoms with Gasteiger partial charge < -0.3 is 19.0 Å². The van der Waals surface area contributed by atoms with E-state index in [0.717, 1.165) is 31.0 Å². The summed E-state index contributed by atoms with van der Waals surface area (Å²) in [6.07, 6.45) is 3.17. The lowest BCUT2D eigenvalue weighted by Crippen LogP contribution is -2.42. The highest BCUT2D eigenvalue weighted by Crippen LogP contribution is 2.18. The fourth-order valence-corrected chi connectivity index (χ4v) is 3.71. The van der Waals surface area contributed by atoms with E-state index in [1.54, 1.807) is 21.3 Å². The van der Waals surface area contributed by atoms with Crippen LogP contribution in [0, 0.1) is 0 Å². The highest BCUT2D eigenvalue weighted by Gasteiger charge is 2.36. The number of hydrogen-bond acceptors (Lipinski definition) is 4. The molecule has 0 atom stereocenters. The molecule has 0 aromatic heterocycles. The molecule has 1 aromatic carbocycles. The molecule has 0 aliphatic heterocycles. The van der Waals surface area contributed by atoms with Crippen LogP contribution in [0.1, 0.15) is 18.4 Å². The second-order valence-electron chi connectivity index (χ2n) is 4.24. The average molecular weight is 269 g/mol. The summed E-state index contributed by atoms with van der Waals surface area (Å²) in [5, 5.41) is 0. The van der Waals surface area contributed by atoms with Crippen molar-refractivity contribution in [2.75, 3.05) is 27.1 Å². The molecule has 102 valence electrons. The first kappa shape index (κ1) is 15.2. The van der Waals surface area contributed by atoms with E-state index in [-0.39, 0.29) is 0 Å². The highest BCUT2D eigenvalue weighted by atomic mass is 28.4. The van der Waals surface area contributed by atoms with Crippen LogP contribution in [-0.2, 0) is 19.7 Å². The van der Waals surface area contributed by atoms with Crippen LogP contribution in [0.2, 0.25) is 6.04 Å². The van der Waals surface area contributed by atoms with Gasteiger partial charge >= 0.3 is 8.80 Å². The van der Waals surface area contributed by atoms with Crippen LogP contribution in [0.4, 0.5) is 5.69 Å². The number of rotatable bonds is 8. The van der Waals surface area contributed by atoms with Gasteiger partial charge in [0.2, 0.25) is 0 Å². The second-order valence-corrected chi connectivity index (χ2v) is 7.33. The van der Waals surface area contributed by atoms with Crippen LogP contribution in [0.15, 0.2) is 24.3 Å². The zero-order valence-corrected chi connectivity index (χ0v) is 12.4. The number of anilines is 1. The molecule has 0 unspecified atom stereocenters. The summed E-state index contributed by atoms with van der Waals surface area (Å²) in [7, 11) is 2.57. The van der Waals surface area contributed by atoms with Crippen molar-refractivity contribution in [3.8, 4) is 0 Å². The second kappa shape index (κ2) is 7.53. The first-order valence-electron chi connectivity index (χ1n) is 6.15. The fraction of sp³-hybridized carbons (Fsp3) is 0.538. The van der Waals surface area contributed by atoms with Gasteiger partial charge in [0.05, 0.1) is 0 Å². The van der Waals surface area contributed by atoms with E-state index in [1.165, 1.54) is 5.56 Å². The van der Waals surface area contributed by atoms with Gasteiger partial charge in [-0.25, -0.2) is 0 Å². The molecule has 0 heterocycles. The summed E-state index contributed by atoms with van der Waals surface area (Å²) < 4.78 is 16.1. The molecule has 0 aliphatic rings. The third kappa shape index (κ3) is 4.42. The number of unbranched alkanes of at least 4 members (excludes halogenated alkanes) is 1. The smallest absolute Gasteiger partial charge is 0.399 e. The van der Waals surface area contributed by atoms with E-state index in [4.69, 9.17) is 19.0 Å². The average Bonchev–Trinajstić information content (AvgIpc) is 2.42. The molecular formula is C13H23NO3Si. The summed E-state index contributed by atoms with van der Waals surface area (Å²) in [5.41, 5.74) is 7.77. The molecule has 4 nitrogen and oxygen atoms in total. The Hall–Kier alpha value is -0.883.